The van der Waals surface area contributed by atoms with Gasteiger partial charge in [0.15, 0.2) is 0 Å². The van der Waals surface area contributed by atoms with Gasteiger partial charge in [0, 0.05) is 22.6 Å². The Balaban J connectivity index is 1.75. The predicted octanol–water partition coefficient (Wildman–Crippen LogP) is 6.91. The topological polar surface area (TPSA) is 51.5 Å². The molecule has 4 rings (SSSR count). The predicted molar refractivity (Wildman–Crippen MR) is 134 cm³/mol. The summed E-state index contributed by atoms with van der Waals surface area (Å²) in [5, 5.41) is 0.977. The van der Waals surface area contributed by atoms with E-state index in [9.17, 15) is 9.59 Å². The second kappa shape index (κ2) is 8.01. The number of amides is 1. The summed E-state index contributed by atoms with van der Waals surface area (Å²) in [6.07, 6.45) is 1.37. The van der Waals surface area contributed by atoms with Crippen LogP contribution in [0.25, 0.3) is 10.9 Å². The average Bonchev–Trinajstić information content (AvgIpc) is 3.15. The molecule has 1 atom stereocenters. The smallest absolute Gasteiger partial charge is 0.418 e. The monoisotopic (exact) mass is 510 g/mol. The fourth-order valence-electron chi connectivity index (χ4n) is 4.95. The minimum Gasteiger partial charge on any atom is -0.443 e. The number of rotatable bonds is 3. The molecule has 0 aliphatic carbocycles. The zero-order chi connectivity index (χ0) is 24.3. The SMILES string of the molecule is Cc1cc(C)c2c(ccn2C(=O)OC(C)(C)C)c1CN1C(=O)C(C)(C)C1c1ccc(Br)cc1. The molecule has 2 aromatic carbocycles. The number of fused-ring (bicyclic) bond motifs is 1. The van der Waals surface area contributed by atoms with Gasteiger partial charge in [0.1, 0.15) is 5.60 Å². The Hall–Kier alpha value is -2.60. The van der Waals surface area contributed by atoms with Crippen molar-refractivity contribution >= 4 is 38.8 Å². The van der Waals surface area contributed by atoms with Gasteiger partial charge in [0.2, 0.25) is 5.91 Å². The largest absolute Gasteiger partial charge is 0.443 e. The lowest BCUT2D eigenvalue weighted by Gasteiger charge is -2.53. The number of halogens is 1. The van der Waals surface area contributed by atoms with Gasteiger partial charge >= 0.3 is 6.09 Å². The summed E-state index contributed by atoms with van der Waals surface area (Å²) in [7, 11) is 0. The van der Waals surface area contributed by atoms with Crippen molar-refractivity contribution in [1.29, 1.82) is 0 Å². The molecule has 174 valence electrons. The van der Waals surface area contributed by atoms with Crippen LogP contribution in [-0.2, 0) is 16.1 Å². The molecule has 1 aliphatic rings. The van der Waals surface area contributed by atoms with Crippen molar-refractivity contribution in [3.63, 3.8) is 0 Å². The van der Waals surface area contributed by atoms with Crippen molar-refractivity contribution in [2.45, 2.75) is 66.7 Å². The van der Waals surface area contributed by atoms with E-state index < -0.39 is 17.1 Å². The van der Waals surface area contributed by atoms with Crippen molar-refractivity contribution in [3.8, 4) is 0 Å². The first-order chi connectivity index (χ1) is 15.3. The van der Waals surface area contributed by atoms with E-state index in [0.717, 1.165) is 37.6 Å². The molecule has 1 aromatic heterocycles. The molecular weight excluding hydrogens is 480 g/mol. The van der Waals surface area contributed by atoms with Crippen molar-refractivity contribution in [1.82, 2.24) is 9.47 Å². The van der Waals surface area contributed by atoms with E-state index in [0.29, 0.717) is 6.54 Å². The maximum atomic E-state index is 13.2. The molecule has 0 bridgehead atoms. The molecule has 1 saturated heterocycles. The summed E-state index contributed by atoms with van der Waals surface area (Å²) in [5.41, 5.74) is 4.07. The highest BCUT2D eigenvalue weighted by Crippen LogP contribution is 2.50. The quantitative estimate of drug-likeness (QED) is 0.359. The molecule has 1 fully saturated rings. The van der Waals surface area contributed by atoms with Crippen LogP contribution in [0.3, 0.4) is 0 Å². The molecule has 1 amide bonds. The van der Waals surface area contributed by atoms with Gasteiger partial charge in [-0.2, -0.15) is 0 Å². The van der Waals surface area contributed by atoms with Gasteiger partial charge in [-0.05, 0) is 88.9 Å². The number of aromatic nitrogens is 1. The van der Waals surface area contributed by atoms with Crippen LogP contribution in [0, 0.1) is 19.3 Å². The van der Waals surface area contributed by atoms with Crippen LogP contribution in [0.1, 0.15) is 62.9 Å². The van der Waals surface area contributed by atoms with Crippen molar-refractivity contribution in [2.24, 2.45) is 5.41 Å². The third-order valence-corrected chi connectivity index (χ3v) is 6.93. The van der Waals surface area contributed by atoms with Gasteiger partial charge in [-0.15, -0.1) is 0 Å². The number of likely N-dealkylation sites (tertiary alicyclic amines) is 1. The first-order valence-electron chi connectivity index (χ1n) is 11.2. The molecule has 0 radical (unpaired) electrons. The van der Waals surface area contributed by atoms with E-state index in [1.54, 1.807) is 10.8 Å². The van der Waals surface area contributed by atoms with E-state index in [2.05, 4.69) is 41.1 Å². The first-order valence-corrected chi connectivity index (χ1v) is 12.0. The van der Waals surface area contributed by atoms with Crippen LogP contribution in [0.2, 0.25) is 0 Å². The number of ether oxygens (including phenoxy) is 1. The highest BCUT2D eigenvalue weighted by atomic mass is 79.9. The van der Waals surface area contributed by atoms with Crippen molar-refractivity contribution in [3.05, 3.63) is 69.3 Å². The standard InChI is InChI=1S/C27H31BrN2O3/c1-16-14-17(2)22-20(12-13-29(22)25(32)33-26(3,4)5)21(16)15-30-23(27(6,7)24(30)31)18-8-10-19(28)11-9-18/h8-14,23H,15H2,1-7H3. The minimum atomic E-state index is -0.581. The minimum absolute atomic E-state index is 0.0122. The number of benzene rings is 2. The molecule has 1 aliphatic heterocycles. The van der Waals surface area contributed by atoms with Crippen LogP contribution < -0.4 is 0 Å². The second-order valence-electron chi connectivity index (χ2n) is 10.5. The fourth-order valence-corrected chi connectivity index (χ4v) is 5.21. The highest BCUT2D eigenvalue weighted by molar-refractivity contribution is 9.10. The summed E-state index contributed by atoms with van der Waals surface area (Å²) in [4.78, 5) is 28.0. The number of hydrogen-bond acceptors (Lipinski definition) is 3. The number of hydrogen-bond donors (Lipinski definition) is 0. The van der Waals surface area contributed by atoms with E-state index >= 15 is 0 Å². The second-order valence-corrected chi connectivity index (χ2v) is 11.4. The molecule has 33 heavy (non-hydrogen) atoms. The van der Waals surface area contributed by atoms with Crippen molar-refractivity contribution in [2.75, 3.05) is 0 Å². The lowest BCUT2D eigenvalue weighted by Crippen LogP contribution is -2.60. The third-order valence-electron chi connectivity index (χ3n) is 6.41. The number of β-lactam (4-membered cyclic amide) rings is 1. The van der Waals surface area contributed by atoms with Crippen molar-refractivity contribution < 1.29 is 14.3 Å². The normalized spacial score (nSPS) is 17.9. The van der Waals surface area contributed by atoms with Gasteiger partial charge < -0.3 is 9.64 Å². The lowest BCUT2D eigenvalue weighted by molar-refractivity contribution is -0.170. The molecule has 3 aromatic rings. The Kier molecular flexibility index (Phi) is 5.72. The molecule has 0 saturated carbocycles. The van der Waals surface area contributed by atoms with Crippen LogP contribution in [0.5, 0.6) is 0 Å². The lowest BCUT2D eigenvalue weighted by atomic mass is 9.70. The van der Waals surface area contributed by atoms with Gasteiger partial charge in [-0.1, -0.05) is 34.1 Å². The molecule has 1 unspecified atom stereocenters. The Morgan fingerprint density at radius 3 is 2.33 bits per heavy atom. The maximum absolute atomic E-state index is 13.2. The van der Waals surface area contributed by atoms with E-state index in [-0.39, 0.29) is 11.9 Å². The number of nitrogens with zero attached hydrogens (tertiary/aromatic N) is 2. The zero-order valence-electron chi connectivity index (χ0n) is 20.3. The number of carbonyl (C=O) groups is 2. The van der Waals surface area contributed by atoms with E-state index in [4.69, 9.17) is 4.74 Å². The summed E-state index contributed by atoms with van der Waals surface area (Å²) >= 11 is 3.50. The van der Waals surface area contributed by atoms with Crippen LogP contribution in [0.15, 0.2) is 47.1 Å². The zero-order valence-corrected chi connectivity index (χ0v) is 21.9. The first kappa shape index (κ1) is 23.6. The van der Waals surface area contributed by atoms with Crippen LogP contribution in [-0.4, -0.2) is 27.1 Å². The average molecular weight is 511 g/mol. The molecule has 6 heteroatoms. The number of carbonyl (C=O) groups excluding carboxylic acids is 2. The summed E-state index contributed by atoms with van der Waals surface area (Å²) in [5.74, 6) is 0.134. The van der Waals surface area contributed by atoms with Gasteiger partial charge in [0.05, 0.1) is 17.0 Å². The molecule has 0 N–H and O–H groups in total. The van der Waals surface area contributed by atoms with Crippen LogP contribution in [0.4, 0.5) is 4.79 Å². The maximum Gasteiger partial charge on any atom is 0.418 e. The Bertz CT molecular complexity index is 1250. The van der Waals surface area contributed by atoms with Gasteiger partial charge in [-0.25, -0.2) is 4.79 Å². The Labute approximate surface area is 203 Å². The fraction of sp³-hybridized carbons (Fsp3) is 0.407. The summed E-state index contributed by atoms with van der Waals surface area (Å²) in [6.45, 7) is 14.2. The molecule has 5 nitrogen and oxygen atoms in total. The summed E-state index contributed by atoms with van der Waals surface area (Å²) < 4.78 is 8.20. The van der Waals surface area contributed by atoms with Gasteiger partial charge in [0.25, 0.3) is 0 Å². The van der Waals surface area contributed by atoms with E-state index in [1.165, 1.54) is 0 Å². The Morgan fingerprint density at radius 1 is 1.09 bits per heavy atom. The van der Waals surface area contributed by atoms with Crippen LogP contribution >= 0.6 is 15.9 Å². The third kappa shape index (κ3) is 4.10. The highest BCUT2D eigenvalue weighted by Gasteiger charge is 2.54. The molecule has 0 spiro atoms. The molecular formula is C27H31BrN2O3. The molecule has 2 heterocycles. The summed E-state index contributed by atoms with van der Waals surface area (Å²) in [6, 6.07) is 12.2. The van der Waals surface area contributed by atoms with Gasteiger partial charge in [-0.3, -0.25) is 9.36 Å². The van der Waals surface area contributed by atoms with E-state index in [1.807, 2.05) is 64.6 Å². The Morgan fingerprint density at radius 2 is 1.73 bits per heavy atom. The number of aryl methyl sites for hydroxylation is 2.